The van der Waals surface area contributed by atoms with Gasteiger partial charge in [-0.25, -0.2) is 4.79 Å². The average Bonchev–Trinajstić information content (AvgIpc) is 2.69. The van der Waals surface area contributed by atoms with Gasteiger partial charge in [0.15, 0.2) is 5.43 Å². The second-order valence-corrected chi connectivity index (χ2v) is 5.70. The Bertz CT molecular complexity index is 1240. The lowest BCUT2D eigenvalue weighted by molar-refractivity contribution is 0.0734. The van der Waals surface area contributed by atoms with Gasteiger partial charge in [0.25, 0.3) is 5.56 Å². The summed E-state index contributed by atoms with van der Waals surface area (Å²) in [5.41, 5.74) is 0.415. The van der Waals surface area contributed by atoms with Gasteiger partial charge in [0.1, 0.15) is 11.5 Å². The van der Waals surface area contributed by atoms with Gasteiger partial charge in [-0.2, -0.15) is 0 Å². The molecule has 0 spiro atoms. The molecule has 0 atom stereocenters. The van der Waals surface area contributed by atoms with Crippen LogP contribution in [0.3, 0.4) is 0 Å². The number of rotatable bonds is 3. The fourth-order valence-electron chi connectivity index (χ4n) is 2.55. The quantitative estimate of drug-likeness (QED) is 0.445. The van der Waals surface area contributed by atoms with Gasteiger partial charge in [-0.15, -0.1) is 0 Å². The highest BCUT2D eigenvalue weighted by Gasteiger charge is 2.10. The van der Waals surface area contributed by atoms with Crippen LogP contribution in [-0.4, -0.2) is 15.9 Å². The summed E-state index contributed by atoms with van der Waals surface area (Å²) in [4.78, 5) is 42.0. The lowest BCUT2D eigenvalue weighted by atomic mass is 10.1. The van der Waals surface area contributed by atoms with E-state index in [0.717, 1.165) is 0 Å². The molecule has 7 heteroatoms. The molecule has 132 valence electrons. The highest BCUT2D eigenvalue weighted by Crippen LogP contribution is 2.23. The van der Waals surface area contributed by atoms with E-state index in [4.69, 9.17) is 9.15 Å². The first-order valence-corrected chi connectivity index (χ1v) is 8.00. The summed E-state index contributed by atoms with van der Waals surface area (Å²) in [5.74, 6) is 0.106. The van der Waals surface area contributed by atoms with Crippen LogP contribution in [0.5, 0.6) is 5.75 Å². The first kappa shape index (κ1) is 16.5. The molecule has 3 heterocycles. The molecule has 0 amide bonds. The average molecular weight is 360 g/mol. The number of hydrogen-bond acceptors (Lipinski definition) is 6. The summed E-state index contributed by atoms with van der Waals surface area (Å²) in [6.45, 7) is 0. The predicted octanol–water partition coefficient (Wildman–Crippen LogP) is 2.76. The van der Waals surface area contributed by atoms with Crippen molar-refractivity contribution in [3.63, 3.8) is 0 Å². The van der Waals surface area contributed by atoms with Gasteiger partial charge in [-0.1, -0.05) is 0 Å². The van der Waals surface area contributed by atoms with Crippen molar-refractivity contribution in [2.45, 2.75) is 0 Å². The molecule has 0 radical (unpaired) electrons. The van der Waals surface area contributed by atoms with E-state index in [0.29, 0.717) is 28.0 Å². The van der Waals surface area contributed by atoms with Gasteiger partial charge in [-0.05, 0) is 42.5 Å². The van der Waals surface area contributed by atoms with Crippen LogP contribution in [0, 0.1) is 0 Å². The van der Waals surface area contributed by atoms with E-state index in [1.807, 2.05) is 0 Å². The number of nitrogens with one attached hydrogen (secondary N) is 1. The third-order valence-corrected chi connectivity index (χ3v) is 3.87. The topological polar surface area (TPSA) is 102 Å². The van der Waals surface area contributed by atoms with Crippen LogP contribution in [0.15, 0.2) is 81.0 Å². The number of aromatic amines is 1. The van der Waals surface area contributed by atoms with E-state index in [1.54, 1.807) is 42.6 Å². The van der Waals surface area contributed by atoms with Crippen molar-refractivity contribution in [1.29, 1.82) is 0 Å². The van der Waals surface area contributed by atoms with E-state index < -0.39 is 5.97 Å². The normalized spacial score (nSPS) is 10.7. The van der Waals surface area contributed by atoms with Crippen molar-refractivity contribution in [2.24, 2.45) is 0 Å². The number of nitrogens with zero attached hydrogens (tertiary/aromatic N) is 1. The van der Waals surface area contributed by atoms with Crippen LogP contribution in [0.25, 0.3) is 22.4 Å². The Hall–Kier alpha value is -4.00. The fraction of sp³-hybridized carbons (Fsp3) is 0. The van der Waals surface area contributed by atoms with Gasteiger partial charge < -0.3 is 9.15 Å². The second kappa shape index (κ2) is 6.72. The summed E-state index contributed by atoms with van der Waals surface area (Å²) < 4.78 is 10.9. The predicted molar refractivity (Wildman–Crippen MR) is 97.7 cm³/mol. The monoisotopic (exact) mass is 360 g/mol. The number of benzene rings is 1. The Labute approximate surface area is 151 Å². The highest BCUT2D eigenvalue weighted by atomic mass is 16.5. The maximum Gasteiger partial charge on any atom is 0.345 e. The lowest BCUT2D eigenvalue weighted by Gasteiger charge is -2.06. The zero-order valence-corrected chi connectivity index (χ0v) is 13.8. The number of hydrogen-bond donors (Lipinski definition) is 1. The summed E-state index contributed by atoms with van der Waals surface area (Å²) >= 11 is 0. The molecule has 7 nitrogen and oxygen atoms in total. The highest BCUT2D eigenvalue weighted by molar-refractivity contribution is 5.90. The Morgan fingerprint density at radius 2 is 1.85 bits per heavy atom. The number of aromatic nitrogens is 2. The van der Waals surface area contributed by atoms with Crippen molar-refractivity contribution in [3.8, 4) is 17.1 Å². The minimum absolute atomic E-state index is 0.108. The molecule has 4 rings (SSSR count). The van der Waals surface area contributed by atoms with E-state index in [-0.39, 0.29) is 16.7 Å². The van der Waals surface area contributed by atoms with Crippen molar-refractivity contribution in [1.82, 2.24) is 9.97 Å². The minimum Gasteiger partial charge on any atom is -0.439 e. The molecule has 0 aliphatic heterocycles. The van der Waals surface area contributed by atoms with E-state index in [2.05, 4.69) is 9.97 Å². The molecule has 0 fully saturated rings. The first-order chi connectivity index (χ1) is 13.1. The Morgan fingerprint density at radius 1 is 1.04 bits per heavy atom. The summed E-state index contributed by atoms with van der Waals surface area (Å²) in [6.07, 6.45) is 2.98. The number of pyridine rings is 2. The van der Waals surface area contributed by atoms with Gasteiger partial charge in [0.05, 0.1) is 10.9 Å². The second-order valence-electron chi connectivity index (χ2n) is 5.70. The Kier molecular flexibility index (Phi) is 4.10. The lowest BCUT2D eigenvalue weighted by Crippen LogP contribution is -2.09. The molecular formula is C20H12N2O5. The molecule has 27 heavy (non-hydrogen) atoms. The molecule has 0 saturated heterocycles. The Balaban J connectivity index is 1.62. The van der Waals surface area contributed by atoms with E-state index >= 15 is 0 Å². The molecule has 0 bridgehead atoms. The largest absolute Gasteiger partial charge is 0.439 e. The molecule has 4 aromatic rings. The van der Waals surface area contributed by atoms with Gasteiger partial charge >= 0.3 is 5.97 Å². The SMILES string of the molecule is O=C(Oc1ccc(-c2cc(=O)c3ccc(=O)[nH]c3o2)cc1)c1cccnc1. The number of esters is 1. The van der Waals surface area contributed by atoms with Gasteiger partial charge in [0.2, 0.25) is 5.71 Å². The van der Waals surface area contributed by atoms with E-state index in [9.17, 15) is 14.4 Å². The summed E-state index contributed by atoms with van der Waals surface area (Å²) in [7, 11) is 0. The fourth-order valence-corrected chi connectivity index (χ4v) is 2.55. The van der Waals surface area contributed by atoms with Crippen molar-refractivity contribution in [3.05, 3.63) is 93.1 Å². The number of carbonyl (C=O) groups excluding carboxylic acids is 1. The van der Waals surface area contributed by atoms with Crippen LogP contribution in [0.4, 0.5) is 0 Å². The van der Waals surface area contributed by atoms with Crippen LogP contribution in [0.2, 0.25) is 0 Å². The van der Waals surface area contributed by atoms with Crippen molar-refractivity contribution in [2.75, 3.05) is 0 Å². The minimum atomic E-state index is -0.523. The van der Waals surface area contributed by atoms with Gasteiger partial charge in [-0.3, -0.25) is 19.6 Å². The first-order valence-electron chi connectivity index (χ1n) is 8.00. The number of ether oxygens (including phenoxy) is 1. The maximum atomic E-state index is 12.2. The maximum absolute atomic E-state index is 12.2. The van der Waals surface area contributed by atoms with Crippen LogP contribution in [0.1, 0.15) is 10.4 Å². The van der Waals surface area contributed by atoms with Gasteiger partial charge in [0, 0.05) is 30.1 Å². The number of fused-ring (bicyclic) bond motifs is 1. The number of carbonyl (C=O) groups is 1. The van der Waals surface area contributed by atoms with Crippen molar-refractivity contribution < 1.29 is 13.9 Å². The Morgan fingerprint density at radius 3 is 2.59 bits per heavy atom. The molecule has 3 aromatic heterocycles. The third-order valence-electron chi connectivity index (χ3n) is 3.87. The molecular weight excluding hydrogens is 348 g/mol. The smallest absolute Gasteiger partial charge is 0.345 e. The number of H-pyrrole nitrogens is 1. The standard InChI is InChI=1S/C20H12N2O5/c23-16-10-17(27-19-15(16)7-8-18(24)22-19)12-3-5-14(6-4-12)26-20(25)13-2-1-9-21-11-13/h1-11H,(H,22,24). The summed E-state index contributed by atoms with van der Waals surface area (Å²) in [6, 6.07) is 13.8. The molecule has 1 N–H and O–H groups in total. The zero-order chi connectivity index (χ0) is 18.8. The van der Waals surface area contributed by atoms with Crippen LogP contribution >= 0.6 is 0 Å². The third kappa shape index (κ3) is 3.38. The molecule has 0 aliphatic carbocycles. The zero-order valence-electron chi connectivity index (χ0n) is 13.8. The molecule has 1 aromatic carbocycles. The van der Waals surface area contributed by atoms with Crippen molar-refractivity contribution >= 4 is 17.1 Å². The van der Waals surface area contributed by atoms with E-state index in [1.165, 1.54) is 24.4 Å². The molecule has 0 aliphatic rings. The summed E-state index contributed by atoms with van der Waals surface area (Å²) in [5, 5.41) is 0.292. The van der Waals surface area contributed by atoms with Crippen LogP contribution < -0.4 is 15.7 Å². The van der Waals surface area contributed by atoms with Crippen LogP contribution in [-0.2, 0) is 0 Å². The molecule has 0 unspecified atom stereocenters. The molecule has 0 saturated carbocycles.